The first-order chi connectivity index (χ1) is 15.8. The van der Waals surface area contributed by atoms with E-state index in [9.17, 15) is 0 Å². The van der Waals surface area contributed by atoms with Crippen LogP contribution >= 0.6 is 0 Å². The summed E-state index contributed by atoms with van der Waals surface area (Å²) >= 11 is 0. The summed E-state index contributed by atoms with van der Waals surface area (Å²) in [5.41, 5.74) is 6.27. The van der Waals surface area contributed by atoms with Gasteiger partial charge in [0.05, 0.1) is 6.04 Å². The highest BCUT2D eigenvalue weighted by Crippen LogP contribution is 2.32. The van der Waals surface area contributed by atoms with Gasteiger partial charge in [-0.15, -0.1) is 0 Å². The van der Waals surface area contributed by atoms with Crippen LogP contribution in [0.4, 0.5) is 0 Å². The summed E-state index contributed by atoms with van der Waals surface area (Å²) in [6.07, 6.45) is 1.01. The lowest BCUT2D eigenvalue weighted by atomic mass is 9.89. The third-order valence-corrected chi connectivity index (χ3v) is 5.88. The fourth-order valence-electron chi connectivity index (χ4n) is 4.17. The summed E-state index contributed by atoms with van der Waals surface area (Å²) in [7, 11) is 0. The zero-order valence-corrected chi connectivity index (χ0v) is 18.0. The first kappa shape index (κ1) is 20.3. The van der Waals surface area contributed by atoms with Crippen molar-refractivity contribution in [3.63, 3.8) is 0 Å². The van der Waals surface area contributed by atoms with E-state index in [-0.39, 0.29) is 6.04 Å². The Morgan fingerprint density at radius 2 is 1.25 bits per heavy atom. The van der Waals surface area contributed by atoms with Crippen LogP contribution in [-0.4, -0.2) is 6.54 Å². The van der Waals surface area contributed by atoms with Gasteiger partial charge in [0.2, 0.25) is 0 Å². The number of ether oxygens (including phenoxy) is 2. The normalized spacial score (nSPS) is 15.1. The van der Waals surface area contributed by atoms with Crippen molar-refractivity contribution in [3.05, 3.63) is 131 Å². The molecule has 1 unspecified atom stereocenters. The van der Waals surface area contributed by atoms with Gasteiger partial charge < -0.3 is 14.8 Å². The van der Waals surface area contributed by atoms with Gasteiger partial charge >= 0.3 is 0 Å². The van der Waals surface area contributed by atoms with E-state index in [2.05, 4.69) is 72.0 Å². The van der Waals surface area contributed by atoms with Crippen LogP contribution in [0.3, 0.4) is 0 Å². The van der Waals surface area contributed by atoms with Gasteiger partial charge in [0.1, 0.15) is 24.7 Å². The Hall–Kier alpha value is -3.56. The molecule has 1 heterocycles. The van der Waals surface area contributed by atoms with E-state index in [0.717, 1.165) is 24.5 Å². The van der Waals surface area contributed by atoms with Gasteiger partial charge in [-0.05, 0) is 58.5 Å². The molecule has 0 spiro atoms. The molecule has 0 saturated carbocycles. The SMILES string of the molecule is c1ccc(COc2ccc(C3NCCc4cc(OCc5ccccc5)ccc43)cc2)cc1. The summed E-state index contributed by atoms with van der Waals surface area (Å²) < 4.78 is 12.0. The van der Waals surface area contributed by atoms with Crippen molar-refractivity contribution in [2.45, 2.75) is 25.7 Å². The molecular weight excluding hydrogens is 394 g/mol. The summed E-state index contributed by atoms with van der Waals surface area (Å²) in [6, 6.07) is 35.6. The molecule has 0 fully saturated rings. The van der Waals surface area contributed by atoms with Crippen LogP contribution in [-0.2, 0) is 19.6 Å². The molecule has 3 heteroatoms. The van der Waals surface area contributed by atoms with Crippen molar-refractivity contribution in [1.29, 1.82) is 0 Å². The third-order valence-electron chi connectivity index (χ3n) is 5.88. The van der Waals surface area contributed by atoms with Gasteiger partial charge in [-0.1, -0.05) is 78.9 Å². The molecule has 4 aromatic carbocycles. The standard InChI is InChI=1S/C29H27NO2/c1-3-7-22(8-4-1)20-31-26-13-11-24(12-14-26)29-28-16-15-27(19-25(28)17-18-30-29)32-21-23-9-5-2-6-10-23/h1-16,19,29-30H,17-18,20-21H2. The zero-order chi connectivity index (χ0) is 21.6. The maximum absolute atomic E-state index is 6.04. The fraction of sp³-hybridized carbons (Fsp3) is 0.172. The smallest absolute Gasteiger partial charge is 0.120 e. The van der Waals surface area contributed by atoms with E-state index in [4.69, 9.17) is 9.47 Å². The molecule has 0 aliphatic carbocycles. The molecule has 0 bridgehead atoms. The molecule has 4 aromatic rings. The zero-order valence-electron chi connectivity index (χ0n) is 18.0. The van der Waals surface area contributed by atoms with Crippen molar-refractivity contribution >= 4 is 0 Å². The van der Waals surface area contributed by atoms with Crippen molar-refractivity contribution < 1.29 is 9.47 Å². The van der Waals surface area contributed by atoms with Gasteiger partial charge in [0.15, 0.2) is 0 Å². The van der Waals surface area contributed by atoms with Crippen LogP contribution in [0.2, 0.25) is 0 Å². The molecule has 1 atom stereocenters. The van der Waals surface area contributed by atoms with Gasteiger partial charge in [-0.25, -0.2) is 0 Å². The monoisotopic (exact) mass is 421 g/mol. The maximum atomic E-state index is 6.04. The quantitative estimate of drug-likeness (QED) is 0.392. The average Bonchev–Trinajstić information content (AvgIpc) is 2.87. The lowest BCUT2D eigenvalue weighted by molar-refractivity contribution is 0.305. The lowest BCUT2D eigenvalue weighted by Crippen LogP contribution is -2.30. The van der Waals surface area contributed by atoms with Gasteiger partial charge in [-0.2, -0.15) is 0 Å². The molecule has 0 saturated heterocycles. The van der Waals surface area contributed by atoms with E-state index in [1.807, 2.05) is 36.4 Å². The third kappa shape index (κ3) is 4.84. The molecular formula is C29H27NO2. The van der Waals surface area contributed by atoms with Crippen LogP contribution < -0.4 is 14.8 Å². The molecule has 3 nitrogen and oxygen atoms in total. The minimum absolute atomic E-state index is 0.185. The second-order valence-corrected chi connectivity index (χ2v) is 8.12. The molecule has 1 aliphatic heterocycles. The predicted molar refractivity (Wildman–Crippen MR) is 128 cm³/mol. The van der Waals surface area contributed by atoms with E-state index >= 15 is 0 Å². The second-order valence-electron chi connectivity index (χ2n) is 8.12. The topological polar surface area (TPSA) is 30.5 Å². The van der Waals surface area contributed by atoms with Crippen molar-refractivity contribution in [2.75, 3.05) is 6.54 Å². The predicted octanol–water partition coefficient (Wildman–Crippen LogP) is 6.08. The Balaban J connectivity index is 1.26. The molecule has 160 valence electrons. The van der Waals surface area contributed by atoms with Crippen LogP contribution in [0.5, 0.6) is 11.5 Å². The van der Waals surface area contributed by atoms with Crippen molar-refractivity contribution in [1.82, 2.24) is 5.32 Å². The Bertz CT molecular complexity index is 1140. The number of rotatable bonds is 7. The number of nitrogens with one attached hydrogen (secondary N) is 1. The second kappa shape index (κ2) is 9.71. The van der Waals surface area contributed by atoms with Crippen LogP contribution in [0.1, 0.15) is 33.9 Å². The van der Waals surface area contributed by atoms with E-state index < -0.39 is 0 Å². The Kier molecular flexibility index (Phi) is 6.18. The van der Waals surface area contributed by atoms with E-state index in [1.54, 1.807) is 0 Å². The molecule has 1 aliphatic rings. The molecule has 1 N–H and O–H groups in total. The van der Waals surface area contributed by atoms with Crippen molar-refractivity contribution in [2.24, 2.45) is 0 Å². The summed E-state index contributed by atoms with van der Waals surface area (Å²) in [5.74, 6) is 1.82. The summed E-state index contributed by atoms with van der Waals surface area (Å²) in [6.45, 7) is 2.12. The first-order valence-corrected chi connectivity index (χ1v) is 11.1. The Morgan fingerprint density at radius 1 is 0.656 bits per heavy atom. The number of fused-ring (bicyclic) bond motifs is 1. The van der Waals surface area contributed by atoms with Crippen molar-refractivity contribution in [3.8, 4) is 11.5 Å². The highest BCUT2D eigenvalue weighted by atomic mass is 16.5. The molecule has 5 rings (SSSR count). The Labute approximate surface area is 189 Å². The number of hydrogen-bond donors (Lipinski definition) is 1. The van der Waals surface area contributed by atoms with Gasteiger partial charge in [-0.3, -0.25) is 0 Å². The minimum atomic E-state index is 0.185. The highest BCUT2D eigenvalue weighted by molar-refractivity contribution is 5.44. The lowest BCUT2D eigenvalue weighted by Gasteiger charge is -2.28. The largest absolute Gasteiger partial charge is 0.489 e. The van der Waals surface area contributed by atoms with Crippen LogP contribution in [0, 0.1) is 0 Å². The number of benzene rings is 4. The van der Waals surface area contributed by atoms with Gasteiger partial charge in [0.25, 0.3) is 0 Å². The average molecular weight is 422 g/mol. The van der Waals surface area contributed by atoms with E-state index in [0.29, 0.717) is 13.2 Å². The Morgan fingerprint density at radius 3 is 1.91 bits per heavy atom. The summed E-state index contributed by atoms with van der Waals surface area (Å²) in [4.78, 5) is 0. The maximum Gasteiger partial charge on any atom is 0.120 e. The number of hydrogen-bond acceptors (Lipinski definition) is 3. The van der Waals surface area contributed by atoms with E-state index in [1.165, 1.54) is 27.8 Å². The molecule has 0 aromatic heterocycles. The first-order valence-electron chi connectivity index (χ1n) is 11.1. The van der Waals surface area contributed by atoms with Gasteiger partial charge in [0, 0.05) is 6.54 Å². The van der Waals surface area contributed by atoms with Crippen LogP contribution in [0.15, 0.2) is 103 Å². The highest BCUT2D eigenvalue weighted by Gasteiger charge is 2.21. The van der Waals surface area contributed by atoms with Crippen LogP contribution in [0.25, 0.3) is 0 Å². The fourth-order valence-corrected chi connectivity index (χ4v) is 4.17. The summed E-state index contributed by atoms with van der Waals surface area (Å²) in [5, 5.41) is 3.66. The minimum Gasteiger partial charge on any atom is -0.489 e. The molecule has 0 amide bonds. The molecule has 32 heavy (non-hydrogen) atoms. The molecule has 0 radical (unpaired) electrons.